The van der Waals surface area contributed by atoms with Crippen LogP contribution >= 0.6 is 11.8 Å². The maximum Gasteiger partial charge on any atom is 0.242 e. The third-order valence-electron chi connectivity index (χ3n) is 6.37. The third-order valence-corrected chi connectivity index (χ3v) is 9.27. The van der Waals surface area contributed by atoms with E-state index in [0.717, 1.165) is 27.9 Å². The van der Waals surface area contributed by atoms with Gasteiger partial charge in [0.25, 0.3) is 0 Å². The van der Waals surface area contributed by atoms with Crippen LogP contribution in [0, 0.1) is 27.7 Å². The Balaban J connectivity index is 1.59. The number of carbonyl (C=O) groups excluding carboxylic acids is 2. The number of nitrogens with one attached hydrogen (secondary N) is 1. The third kappa shape index (κ3) is 5.20. The molecule has 0 radical (unpaired) electrons. The molecule has 7 nitrogen and oxygen atoms in total. The average molecular weight is 500 g/mol. The molecular formula is C25H29N3O4S2. The summed E-state index contributed by atoms with van der Waals surface area (Å²) >= 11 is 1.24. The van der Waals surface area contributed by atoms with Crippen molar-refractivity contribution < 1.29 is 18.0 Å². The van der Waals surface area contributed by atoms with Gasteiger partial charge in [-0.1, -0.05) is 36.0 Å². The number of aryl methyl sites for hydroxylation is 4. The minimum Gasteiger partial charge on any atom is -0.326 e. The normalized spacial score (nSPS) is 23.0. The van der Waals surface area contributed by atoms with Crippen molar-refractivity contribution in [3.8, 4) is 0 Å². The molecule has 2 aromatic carbocycles. The minimum absolute atomic E-state index is 0.0147. The number of hydrogen-bond donors (Lipinski definition) is 1. The van der Waals surface area contributed by atoms with Crippen LogP contribution in [-0.4, -0.2) is 53.1 Å². The number of aliphatic imine (C=N–C) groups is 1. The molecule has 2 amide bonds. The van der Waals surface area contributed by atoms with Crippen molar-refractivity contribution in [2.45, 2.75) is 51.8 Å². The molecule has 2 saturated heterocycles. The lowest BCUT2D eigenvalue weighted by Gasteiger charge is -2.22. The molecule has 4 rings (SSSR count). The number of benzene rings is 2. The number of amides is 2. The zero-order valence-corrected chi connectivity index (χ0v) is 21.4. The lowest BCUT2D eigenvalue weighted by Crippen LogP contribution is -2.42. The first-order valence-corrected chi connectivity index (χ1v) is 14.0. The first-order chi connectivity index (χ1) is 16.0. The first-order valence-electron chi connectivity index (χ1n) is 11.3. The van der Waals surface area contributed by atoms with Gasteiger partial charge >= 0.3 is 0 Å². The zero-order valence-electron chi connectivity index (χ0n) is 19.8. The van der Waals surface area contributed by atoms with E-state index >= 15 is 0 Å². The number of carbonyl (C=O) groups is 2. The molecule has 9 heteroatoms. The van der Waals surface area contributed by atoms with Gasteiger partial charge in [0.2, 0.25) is 11.8 Å². The Bertz CT molecular complexity index is 1270. The van der Waals surface area contributed by atoms with E-state index in [1.54, 1.807) is 0 Å². The molecule has 0 saturated carbocycles. The number of rotatable bonds is 5. The van der Waals surface area contributed by atoms with Crippen molar-refractivity contribution in [2.75, 3.05) is 16.8 Å². The van der Waals surface area contributed by atoms with E-state index in [0.29, 0.717) is 17.3 Å². The second-order valence-electron chi connectivity index (χ2n) is 9.05. The highest BCUT2D eigenvalue weighted by atomic mass is 32.2. The standard InChI is InChI=1S/C25H29N3O4S2/c1-15-8-9-19(12-18(15)4)26-25-28(20-10-11-34(31,32)14-20)24(30)21(33-25)13-22(29)27-23-16(2)6-5-7-17(23)3/h5-9,12,20-21H,10-11,13-14H2,1-4H3,(H,27,29). The molecule has 2 atom stereocenters. The van der Waals surface area contributed by atoms with Crippen LogP contribution in [0.15, 0.2) is 41.4 Å². The molecule has 2 aromatic rings. The van der Waals surface area contributed by atoms with E-state index in [1.165, 1.54) is 16.7 Å². The SMILES string of the molecule is Cc1ccc(N=C2SC(CC(=O)Nc3c(C)cccc3C)C(=O)N2C2CCS(=O)(=O)C2)cc1C. The van der Waals surface area contributed by atoms with Gasteiger partial charge < -0.3 is 5.32 Å². The molecule has 2 aliphatic rings. The van der Waals surface area contributed by atoms with Crippen LogP contribution in [0.3, 0.4) is 0 Å². The number of nitrogens with zero attached hydrogens (tertiary/aromatic N) is 2. The summed E-state index contributed by atoms with van der Waals surface area (Å²) in [5.74, 6) is -0.533. The van der Waals surface area contributed by atoms with Gasteiger partial charge in [0.15, 0.2) is 15.0 Å². The van der Waals surface area contributed by atoms with Gasteiger partial charge in [-0.2, -0.15) is 0 Å². The van der Waals surface area contributed by atoms with Gasteiger partial charge in [0.05, 0.1) is 23.2 Å². The van der Waals surface area contributed by atoms with Gasteiger partial charge in [0, 0.05) is 12.1 Å². The fourth-order valence-electron chi connectivity index (χ4n) is 4.28. The maximum atomic E-state index is 13.4. The first kappa shape index (κ1) is 24.5. The lowest BCUT2D eigenvalue weighted by molar-refractivity contribution is -0.129. The number of thioether (sulfide) groups is 1. The van der Waals surface area contributed by atoms with Crippen molar-refractivity contribution in [2.24, 2.45) is 4.99 Å². The molecule has 2 unspecified atom stereocenters. The van der Waals surface area contributed by atoms with E-state index in [-0.39, 0.29) is 29.7 Å². The number of para-hydroxylation sites is 1. The molecule has 180 valence electrons. The topological polar surface area (TPSA) is 95.9 Å². The Morgan fingerprint density at radius 3 is 2.41 bits per heavy atom. The van der Waals surface area contributed by atoms with Crippen LogP contribution < -0.4 is 5.32 Å². The molecule has 1 N–H and O–H groups in total. The summed E-state index contributed by atoms with van der Waals surface area (Å²) < 4.78 is 24.3. The van der Waals surface area contributed by atoms with Crippen LogP contribution in [-0.2, 0) is 19.4 Å². The van der Waals surface area contributed by atoms with Crippen LogP contribution in [0.2, 0.25) is 0 Å². The Kier molecular flexibility index (Phi) is 6.87. The van der Waals surface area contributed by atoms with Gasteiger partial charge in [-0.3, -0.25) is 14.5 Å². The monoisotopic (exact) mass is 499 g/mol. The van der Waals surface area contributed by atoms with Crippen LogP contribution in [0.5, 0.6) is 0 Å². The minimum atomic E-state index is -3.19. The summed E-state index contributed by atoms with van der Waals surface area (Å²) in [5, 5.41) is 2.75. The van der Waals surface area contributed by atoms with E-state index < -0.39 is 21.1 Å². The number of hydrogen-bond acceptors (Lipinski definition) is 6. The predicted molar refractivity (Wildman–Crippen MR) is 137 cm³/mol. The Morgan fingerprint density at radius 1 is 1.09 bits per heavy atom. The largest absolute Gasteiger partial charge is 0.326 e. The molecule has 2 heterocycles. The maximum absolute atomic E-state index is 13.4. The molecule has 2 aliphatic heterocycles. The van der Waals surface area contributed by atoms with Crippen molar-refractivity contribution >= 4 is 50.0 Å². The summed E-state index contributed by atoms with van der Waals surface area (Å²) in [6, 6.07) is 11.1. The van der Waals surface area contributed by atoms with Gasteiger partial charge in [-0.05, 0) is 68.5 Å². The lowest BCUT2D eigenvalue weighted by atomic mass is 10.1. The smallest absolute Gasteiger partial charge is 0.242 e. The van der Waals surface area contributed by atoms with Gasteiger partial charge in [-0.15, -0.1) is 0 Å². The van der Waals surface area contributed by atoms with Crippen molar-refractivity contribution in [1.29, 1.82) is 0 Å². The zero-order chi connectivity index (χ0) is 24.6. The van der Waals surface area contributed by atoms with Crippen LogP contribution in [0.1, 0.15) is 35.1 Å². The van der Waals surface area contributed by atoms with Crippen LogP contribution in [0.4, 0.5) is 11.4 Å². The second-order valence-corrected chi connectivity index (χ2v) is 12.5. The Hall–Kier alpha value is -2.65. The summed E-state index contributed by atoms with van der Waals surface area (Å²) in [6.45, 7) is 7.86. The highest BCUT2D eigenvalue weighted by Gasteiger charge is 2.46. The van der Waals surface area contributed by atoms with Crippen LogP contribution in [0.25, 0.3) is 0 Å². The average Bonchev–Trinajstić information content (AvgIpc) is 3.26. The van der Waals surface area contributed by atoms with Gasteiger partial charge in [-0.25, -0.2) is 13.4 Å². The number of sulfone groups is 1. The molecule has 0 aliphatic carbocycles. The summed E-state index contributed by atoms with van der Waals surface area (Å²) in [7, 11) is -3.19. The number of anilines is 1. The summed E-state index contributed by atoms with van der Waals surface area (Å²) in [4.78, 5) is 32.5. The van der Waals surface area contributed by atoms with Crippen molar-refractivity contribution in [1.82, 2.24) is 4.90 Å². The fraction of sp³-hybridized carbons (Fsp3) is 0.400. The molecule has 0 aromatic heterocycles. The molecule has 34 heavy (non-hydrogen) atoms. The quantitative estimate of drug-likeness (QED) is 0.669. The Labute approximate surface area is 204 Å². The number of amidine groups is 1. The highest BCUT2D eigenvalue weighted by molar-refractivity contribution is 8.15. The second kappa shape index (κ2) is 9.54. The van der Waals surface area contributed by atoms with Gasteiger partial charge in [0.1, 0.15) is 5.25 Å². The van der Waals surface area contributed by atoms with Crippen molar-refractivity contribution in [3.63, 3.8) is 0 Å². The summed E-state index contributed by atoms with van der Waals surface area (Å²) in [6.07, 6.45) is 0.362. The predicted octanol–water partition coefficient (Wildman–Crippen LogP) is 4.07. The molecule has 0 bridgehead atoms. The molecular weight excluding hydrogens is 470 g/mol. The van der Waals surface area contributed by atoms with Crippen molar-refractivity contribution in [3.05, 3.63) is 58.7 Å². The highest BCUT2D eigenvalue weighted by Crippen LogP contribution is 2.36. The molecule has 2 fully saturated rings. The summed E-state index contributed by atoms with van der Waals surface area (Å²) in [5.41, 5.74) is 5.58. The van der Waals surface area contributed by atoms with E-state index in [1.807, 2.05) is 64.1 Å². The van der Waals surface area contributed by atoms with E-state index in [9.17, 15) is 18.0 Å². The molecule has 0 spiro atoms. The Morgan fingerprint density at radius 2 is 1.79 bits per heavy atom. The van der Waals surface area contributed by atoms with E-state index in [2.05, 4.69) is 5.32 Å². The fourth-order valence-corrected chi connectivity index (χ4v) is 7.20. The van der Waals surface area contributed by atoms with E-state index in [4.69, 9.17) is 4.99 Å².